The van der Waals surface area contributed by atoms with Gasteiger partial charge in [0.15, 0.2) is 0 Å². The Morgan fingerprint density at radius 1 is 0.970 bits per heavy atom. The summed E-state index contributed by atoms with van der Waals surface area (Å²) >= 11 is 1.74. The zero-order chi connectivity index (χ0) is 22.8. The summed E-state index contributed by atoms with van der Waals surface area (Å²) in [4.78, 5) is 18.6. The second-order valence-corrected chi connectivity index (χ2v) is 9.34. The minimum atomic E-state index is -0.0329. The van der Waals surface area contributed by atoms with Crippen molar-refractivity contribution in [2.75, 3.05) is 0 Å². The first kappa shape index (κ1) is 21.2. The van der Waals surface area contributed by atoms with Crippen LogP contribution in [-0.4, -0.2) is 20.0 Å². The normalized spacial score (nSPS) is 11.2. The largest absolute Gasteiger partial charge is 0.348 e. The first-order chi connectivity index (χ1) is 16.1. The van der Waals surface area contributed by atoms with E-state index in [1.54, 1.807) is 11.3 Å². The van der Waals surface area contributed by atoms with Gasteiger partial charge in [0.1, 0.15) is 0 Å². The van der Waals surface area contributed by atoms with Crippen molar-refractivity contribution in [2.45, 2.75) is 33.5 Å². The number of hydrogen-bond acceptors (Lipinski definition) is 3. The lowest BCUT2D eigenvalue weighted by Gasteiger charge is -2.10. The van der Waals surface area contributed by atoms with E-state index in [0.717, 1.165) is 46.6 Å². The summed E-state index contributed by atoms with van der Waals surface area (Å²) in [5.41, 5.74) is 7.26. The van der Waals surface area contributed by atoms with Crippen molar-refractivity contribution in [2.24, 2.45) is 0 Å². The smallest absolute Gasteiger partial charge is 0.253 e. The topological polar surface area (TPSA) is 51.9 Å². The summed E-state index contributed by atoms with van der Waals surface area (Å²) in [7, 11) is 0. The van der Waals surface area contributed by atoms with Gasteiger partial charge in [-0.1, -0.05) is 42.5 Å². The summed E-state index contributed by atoms with van der Waals surface area (Å²) in [6, 6.07) is 22.7. The second-order valence-electron chi connectivity index (χ2n) is 8.31. The Labute approximate surface area is 197 Å². The second kappa shape index (κ2) is 9.08. The van der Waals surface area contributed by atoms with Crippen molar-refractivity contribution >= 4 is 28.3 Å². The highest BCUT2D eigenvalue weighted by atomic mass is 32.1. The summed E-state index contributed by atoms with van der Waals surface area (Å²) in [6.45, 7) is 6.14. The average Bonchev–Trinajstić information content (AvgIpc) is 3.56. The van der Waals surface area contributed by atoms with Crippen LogP contribution < -0.4 is 5.32 Å². The number of aromatic nitrogens is 3. The highest BCUT2D eigenvalue weighted by Gasteiger charge is 2.16. The number of thiophene rings is 1. The molecule has 0 bridgehead atoms. The van der Waals surface area contributed by atoms with Crippen molar-refractivity contribution in [1.29, 1.82) is 0 Å². The zero-order valence-electron chi connectivity index (χ0n) is 18.8. The third kappa shape index (κ3) is 4.47. The van der Waals surface area contributed by atoms with Gasteiger partial charge in [-0.3, -0.25) is 4.79 Å². The Balaban J connectivity index is 1.22. The predicted molar refractivity (Wildman–Crippen MR) is 134 cm³/mol. The van der Waals surface area contributed by atoms with Gasteiger partial charge in [-0.05, 0) is 54.6 Å². The average molecular weight is 455 g/mol. The fraction of sp³-hybridized carbons (Fsp3) is 0.185. The maximum atomic E-state index is 12.9. The Hall–Kier alpha value is -3.64. The van der Waals surface area contributed by atoms with E-state index < -0.39 is 0 Å². The number of nitrogens with one attached hydrogen (secondary N) is 1. The molecule has 6 heteroatoms. The molecule has 3 aromatic heterocycles. The van der Waals surface area contributed by atoms with E-state index in [1.165, 1.54) is 10.4 Å². The summed E-state index contributed by atoms with van der Waals surface area (Å²) in [5.74, 6) is -0.0329. The van der Waals surface area contributed by atoms with Crippen LogP contribution in [0.4, 0.5) is 0 Å². The van der Waals surface area contributed by atoms with E-state index in [0.29, 0.717) is 6.54 Å². The fourth-order valence-corrected chi connectivity index (χ4v) is 4.90. The van der Waals surface area contributed by atoms with E-state index in [9.17, 15) is 4.79 Å². The molecular weight excluding hydrogens is 428 g/mol. The zero-order valence-corrected chi connectivity index (χ0v) is 19.6. The van der Waals surface area contributed by atoms with Crippen LogP contribution in [-0.2, 0) is 19.6 Å². The van der Waals surface area contributed by atoms with E-state index >= 15 is 0 Å². The summed E-state index contributed by atoms with van der Waals surface area (Å²) in [5, 5.41) is 5.16. The summed E-state index contributed by atoms with van der Waals surface area (Å²) in [6.07, 6.45) is 1.88. The van der Waals surface area contributed by atoms with Crippen LogP contribution >= 0.6 is 11.3 Å². The highest BCUT2D eigenvalue weighted by Crippen LogP contribution is 2.20. The maximum Gasteiger partial charge on any atom is 0.253 e. The third-order valence-electron chi connectivity index (χ3n) is 6.07. The van der Waals surface area contributed by atoms with Crippen molar-refractivity contribution < 1.29 is 4.79 Å². The molecule has 5 aromatic rings. The minimum Gasteiger partial charge on any atom is -0.348 e. The Bertz CT molecular complexity index is 1390. The number of fused-ring (bicyclic) bond motifs is 1. The van der Waals surface area contributed by atoms with E-state index in [2.05, 4.69) is 74.2 Å². The number of carbonyl (C=O) groups is 1. The van der Waals surface area contributed by atoms with Crippen LogP contribution in [0.25, 0.3) is 11.0 Å². The van der Waals surface area contributed by atoms with Crippen molar-refractivity contribution in [3.8, 4) is 0 Å². The van der Waals surface area contributed by atoms with E-state index in [4.69, 9.17) is 0 Å². The molecule has 0 unspecified atom stereocenters. The van der Waals surface area contributed by atoms with Gasteiger partial charge >= 0.3 is 0 Å². The maximum absolute atomic E-state index is 12.9. The first-order valence-electron chi connectivity index (χ1n) is 11.0. The SMILES string of the molecule is Cc1cc(C(=O)NCc2ccc(Cn3cnc4ccccc43)cc2)c(C)n1Cc1cccs1. The fourth-order valence-electron chi connectivity index (χ4n) is 4.21. The molecule has 3 heterocycles. The minimum absolute atomic E-state index is 0.0329. The van der Waals surface area contributed by atoms with Gasteiger partial charge in [0.25, 0.3) is 5.91 Å². The third-order valence-corrected chi connectivity index (χ3v) is 6.93. The molecule has 5 nitrogen and oxygen atoms in total. The number of carbonyl (C=O) groups excluding carboxylic acids is 1. The van der Waals surface area contributed by atoms with Crippen molar-refractivity contribution in [3.05, 3.63) is 111 Å². The Morgan fingerprint density at radius 3 is 2.55 bits per heavy atom. The molecule has 2 aromatic carbocycles. The van der Waals surface area contributed by atoms with Crippen LogP contribution in [0, 0.1) is 13.8 Å². The molecule has 5 rings (SSSR count). The number of amides is 1. The number of hydrogen-bond donors (Lipinski definition) is 1. The standard InChI is InChI=1S/C27H26N4OS/c1-19-14-24(20(2)31(19)17-23-6-5-13-33-23)27(32)28-15-21-9-11-22(12-10-21)16-30-18-29-25-7-3-4-8-26(25)30/h3-14,18H,15-17H2,1-2H3,(H,28,32). The summed E-state index contributed by atoms with van der Waals surface area (Å²) < 4.78 is 4.35. The monoisotopic (exact) mass is 454 g/mol. The number of rotatable bonds is 7. The Kier molecular flexibility index (Phi) is 5.84. The van der Waals surface area contributed by atoms with Gasteiger partial charge in [-0.2, -0.15) is 0 Å². The van der Waals surface area contributed by atoms with Crippen LogP contribution in [0.5, 0.6) is 0 Å². The van der Waals surface area contributed by atoms with Gasteiger partial charge in [0.2, 0.25) is 0 Å². The van der Waals surface area contributed by atoms with Crippen molar-refractivity contribution in [3.63, 3.8) is 0 Å². The van der Waals surface area contributed by atoms with Crippen LogP contribution in [0.1, 0.15) is 37.7 Å². The number of imidazole rings is 1. The lowest BCUT2D eigenvalue weighted by Crippen LogP contribution is -2.23. The molecule has 1 amide bonds. The molecule has 0 saturated carbocycles. The predicted octanol–water partition coefficient (Wildman–Crippen LogP) is 5.54. The lowest BCUT2D eigenvalue weighted by molar-refractivity contribution is 0.0950. The quantitative estimate of drug-likeness (QED) is 0.351. The molecule has 1 N–H and O–H groups in total. The van der Waals surface area contributed by atoms with Crippen molar-refractivity contribution in [1.82, 2.24) is 19.4 Å². The Morgan fingerprint density at radius 2 is 1.76 bits per heavy atom. The molecular formula is C27H26N4OS. The molecule has 0 atom stereocenters. The number of benzene rings is 2. The van der Waals surface area contributed by atoms with Gasteiger partial charge in [-0.15, -0.1) is 11.3 Å². The van der Waals surface area contributed by atoms with Gasteiger partial charge in [0, 0.05) is 29.4 Å². The number of aryl methyl sites for hydroxylation is 1. The van der Waals surface area contributed by atoms with Gasteiger partial charge in [0.05, 0.1) is 29.5 Å². The van der Waals surface area contributed by atoms with Gasteiger partial charge < -0.3 is 14.5 Å². The molecule has 0 spiro atoms. The van der Waals surface area contributed by atoms with E-state index in [1.807, 2.05) is 37.5 Å². The molecule has 166 valence electrons. The van der Waals surface area contributed by atoms with Crippen LogP contribution in [0.15, 0.2) is 78.4 Å². The molecule has 0 aliphatic heterocycles. The molecule has 0 aliphatic rings. The van der Waals surface area contributed by atoms with Gasteiger partial charge in [-0.25, -0.2) is 4.98 Å². The van der Waals surface area contributed by atoms with Crippen LogP contribution in [0.2, 0.25) is 0 Å². The molecule has 0 aliphatic carbocycles. The van der Waals surface area contributed by atoms with E-state index in [-0.39, 0.29) is 5.91 Å². The number of nitrogens with zero attached hydrogens (tertiary/aromatic N) is 3. The molecule has 0 radical (unpaired) electrons. The molecule has 0 fully saturated rings. The molecule has 33 heavy (non-hydrogen) atoms. The lowest BCUT2D eigenvalue weighted by atomic mass is 10.1. The number of para-hydroxylation sites is 2. The molecule has 0 saturated heterocycles. The van der Waals surface area contributed by atoms with Crippen LogP contribution in [0.3, 0.4) is 0 Å². The first-order valence-corrected chi connectivity index (χ1v) is 11.9. The highest BCUT2D eigenvalue weighted by molar-refractivity contribution is 7.09.